The van der Waals surface area contributed by atoms with E-state index in [4.69, 9.17) is 0 Å². The van der Waals surface area contributed by atoms with Crippen LogP contribution in [0, 0.1) is 5.92 Å². The first kappa shape index (κ1) is 18.3. The summed E-state index contributed by atoms with van der Waals surface area (Å²) in [5.74, 6) is -0.285. The van der Waals surface area contributed by atoms with Crippen molar-refractivity contribution < 1.29 is 18.0 Å². The van der Waals surface area contributed by atoms with Crippen LogP contribution in [0.4, 0.5) is 18.9 Å². The number of benzene rings is 1. The largest absolute Gasteiger partial charge is 0.390 e. The molecule has 0 bridgehead atoms. The molecule has 26 heavy (non-hydrogen) atoms. The Labute approximate surface area is 148 Å². The van der Waals surface area contributed by atoms with Gasteiger partial charge >= 0.3 is 6.18 Å². The summed E-state index contributed by atoms with van der Waals surface area (Å²) in [7, 11) is 0. The molecule has 0 saturated carbocycles. The molecule has 0 atom stereocenters. The Morgan fingerprint density at radius 3 is 2.46 bits per heavy atom. The van der Waals surface area contributed by atoms with E-state index >= 15 is 0 Å². The molecule has 0 spiro atoms. The van der Waals surface area contributed by atoms with Crippen LogP contribution in [0.3, 0.4) is 0 Å². The number of nitrogens with one attached hydrogen (secondary N) is 1. The fourth-order valence-corrected chi connectivity index (χ4v) is 2.93. The summed E-state index contributed by atoms with van der Waals surface area (Å²) in [6.45, 7) is 1.01. The Kier molecular flexibility index (Phi) is 5.50. The first-order valence-corrected chi connectivity index (χ1v) is 8.34. The highest BCUT2D eigenvalue weighted by molar-refractivity contribution is 5.92. The molecule has 1 amide bonds. The molecular weight excluding hydrogens is 349 g/mol. The molecular formula is C16H19F3N6O. The molecule has 1 aliphatic heterocycles. The molecule has 1 saturated heterocycles. The number of carbonyl (C=O) groups excluding carboxylic acids is 1. The molecule has 0 unspecified atom stereocenters. The van der Waals surface area contributed by atoms with Crippen LogP contribution in [0.1, 0.15) is 19.3 Å². The van der Waals surface area contributed by atoms with Crippen molar-refractivity contribution in [3.63, 3.8) is 0 Å². The van der Waals surface area contributed by atoms with Gasteiger partial charge in [0.05, 0.1) is 12.1 Å². The lowest BCUT2D eigenvalue weighted by atomic mass is 9.95. The number of halogens is 3. The Hall–Kier alpha value is -2.49. The van der Waals surface area contributed by atoms with Crippen molar-refractivity contribution in [2.24, 2.45) is 5.92 Å². The molecule has 3 rings (SSSR count). The third-order valence-electron chi connectivity index (χ3n) is 4.42. The Bertz CT molecular complexity index is 709. The molecule has 0 radical (unpaired) electrons. The van der Waals surface area contributed by atoms with Crippen molar-refractivity contribution in [1.82, 2.24) is 25.1 Å². The lowest BCUT2D eigenvalue weighted by Gasteiger charge is -2.31. The van der Waals surface area contributed by atoms with E-state index in [-0.39, 0.29) is 18.4 Å². The maximum Gasteiger partial charge on any atom is 0.390 e. The third kappa shape index (κ3) is 5.01. The fraction of sp³-hybridized carbons (Fsp3) is 0.500. The van der Waals surface area contributed by atoms with Crippen LogP contribution >= 0.6 is 0 Å². The molecule has 2 heterocycles. The van der Waals surface area contributed by atoms with Crippen molar-refractivity contribution in [3.05, 3.63) is 30.6 Å². The number of hydrogen-bond acceptors (Lipinski definition) is 5. The van der Waals surface area contributed by atoms with Gasteiger partial charge in [-0.2, -0.15) is 13.2 Å². The second-order valence-electron chi connectivity index (χ2n) is 6.27. The molecule has 140 valence electrons. The van der Waals surface area contributed by atoms with Crippen LogP contribution in [-0.2, 0) is 4.79 Å². The molecule has 0 aliphatic carbocycles. The third-order valence-corrected chi connectivity index (χ3v) is 4.42. The standard InChI is InChI=1S/C16H19F3N6O/c17-16(18,19)7-10-24-8-5-12(6-9-24)15(26)21-13-1-3-14(4-2-13)25-11-20-22-23-25/h1-4,11-12H,5-10H2,(H,21,26). The highest BCUT2D eigenvalue weighted by Gasteiger charge is 2.30. The average Bonchev–Trinajstić information content (AvgIpc) is 3.15. The van der Waals surface area contributed by atoms with Crippen molar-refractivity contribution in [2.75, 3.05) is 25.0 Å². The van der Waals surface area contributed by atoms with E-state index in [1.165, 1.54) is 11.0 Å². The predicted molar refractivity (Wildman–Crippen MR) is 87.6 cm³/mol. The molecule has 1 aliphatic rings. The number of nitrogens with zero attached hydrogens (tertiary/aromatic N) is 5. The Morgan fingerprint density at radius 1 is 1.19 bits per heavy atom. The Morgan fingerprint density at radius 2 is 1.88 bits per heavy atom. The fourth-order valence-electron chi connectivity index (χ4n) is 2.93. The highest BCUT2D eigenvalue weighted by atomic mass is 19.4. The number of anilines is 1. The molecule has 1 aromatic carbocycles. The van der Waals surface area contributed by atoms with Crippen LogP contribution in [0.15, 0.2) is 30.6 Å². The number of carbonyl (C=O) groups is 1. The zero-order valence-corrected chi connectivity index (χ0v) is 14.0. The lowest BCUT2D eigenvalue weighted by Crippen LogP contribution is -2.39. The average molecular weight is 368 g/mol. The Balaban J connectivity index is 1.47. The van der Waals surface area contributed by atoms with Gasteiger partial charge in [0.2, 0.25) is 5.91 Å². The quantitative estimate of drug-likeness (QED) is 0.876. The summed E-state index contributed by atoms with van der Waals surface area (Å²) in [5.41, 5.74) is 1.43. The van der Waals surface area contributed by atoms with Crippen LogP contribution in [0.2, 0.25) is 0 Å². The maximum atomic E-state index is 12.4. The minimum Gasteiger partial charge on any atom is -0.326 e. The second-order valence-corrected chi connectivity index (χ2v) is 6.27. The van der Waals surface area contributed by atoms with E-state index in [2.05, 4.69) is 20.8 Å². The summed E-state index contributed by atoms with van der Waals surface area (Å²) in [5, 5.41) is 13.8. The van der Waals surface area contributed by atoms with Gasteiger partial charge in [-0.15, -0.1) is 5.10 Å². The van der Waals surface area contributed by atoms with Gasteiger partial charge in [0.25, 0.3) is 0 Å². The molecule has 2 aromatic rings. The number of rotatable bonds is 5. The van der Waals surface area contributed by atoms with E-state index in [0.717, 1.165) is 5.69 Å². The number of likely N-dealkylation sites (tertiary alicyclic amines) is 1. The summed E-state index contributed by atoms with van der Waals surface area (Å²) < 4.78 is 38.3. The van der Waals surface area contributed by atoms with E-state index < -0.39 is 12.6 Å². The minimum atomic E-state index is -4.14. The first-order valence-electron chi connectivity index (χ1n) is 8.34. The van der Waals surface area contributed by atoms with Crippen LogP contribution in [0.5, 0.6) is 0 Å². The second kappa shape index (κ2) is 7.81. The van der Waals surface area contributed by atoms with E-state index in [9.17, 15) is 18.0 Å². The number of piperidine rings is 1. The van der Waals surface area contributed by atoms with Gasteiger partial charge in [-0.05, 0) is 60.6 Å². The number of tetrazole rings is 1. The monoisotopic (exact) mass is 368 g/mol. The van der Waals surface area contributed by atoms with Gasteiger partial charge in [0.15, 0.2) is 0 Å². The molecule has 10 heteroatoms. The van der Waals surface area contributed by atoms with Crippen molar-refractivity contribution in [2.45, 2.75) is 25.4 Å². The van der Waals surface area contributed by atoms with E-state index in [1.54, 1.807) is 29.2 Å². The van der Waals surface area contributed by atoms with Crippen molar-refractivity contribution in [3.8, 4) is 5.69 Å². The summed E-state index contributed by atoms with van der Waals surface area (Å²) in [6.07, 6.45) is -2.35. The predicted octanol–water partition coefficient (Wildman–Crippen LogP) is 2.27. The van der Waals surface area contributed by atoms with E-state index in [0.29, 0.717) is 31.6 Å². The maximum absolute atomic E-state index is 12.4. The van der Waals surface area contributed by atoms with Gasteiger partial charge in [-0.25, -0.2) is 4.68 Å². The summed E-state index contributed by atoms with van der Waals surface area (Å²) in [4.78, 5) is 14.1. The number of hydrogen-bond donors (Lipinski definition) is 1. The number of amides is 1. The van der Waals surface area contributed by atoms with Gasteiger partial charge in [0, 0.05) is 18.2 Å². The smallest absolute Gasteiger partial charge is 0.326 e. The van der Waals surface area contributed by atoms with Gasteiger partial charge in [-0.3, -0.25) is 4.79 Å². The van der Waals surface area contributed by atoms with Crippen molar-refractivity contribution >= 4 is 11.6 Å². The van der Waals surface area contributed by atoms with Crippen LogP contribution < -0.4 is 5.32 Å². The minimum absolute atomic E-state index is 0.00353. The van der Waals surface area contributed by atoms with Crippen molar-refractivity contribution in [1.29, 1.82) is 0 Å². The van der Waals surface area contributed by atoms with Crippen LogP contribution in [-0.4, -0.2) is 56.8 Å². The van der Waals surface area contributed by atoms with Gasteiger partial charge < -0.3 is 10.2 Å². The molecule has 1 aromatic heterocycles. The van der Waals surface area contributed by atoms with Gasteiger partial charge in [-0.1, -0.05) is 0 Å². The first-order chi connectivity index (χ1) is 12.4. The topological polar surface area (TPSA) is 75.9 Å². The molecule has 7 nitrogen and oxygen atoms in total. The van der Waals surface area contributed by atoms with Gasteiger partial charge in [0.1, 0.15) is 6.33 Å². The highest BCUT2D eigenvalue weighted by Crippen LogP contribution is 2.23. The van der Waals surface area contributed by atoms with E-state index in [1.807, 2.05) is 0 Å². The zero-order chi connectivity index (χ0) is 18.6. The number of aromatic nitrogens is 4. The normalized spacial score (nSPS) is 16.6. The summed E-state index contributed by atoms with van der Waals surface area (Å²) in [6, 6.07) is 7.08. The zero-order valence-electron chi connectivity index (χ0n) is 14.0. The summed E-state index contributed by atoms with van der Waals surface area (Å²) >= 11 is 0. The number of alkyl halides is 3. The SMILES string of the molecule is O=C(Nc1ccc(-n2cnnn2)cc1)C1CCN(CCC(F)(F)F)CC1. The van der Waals surface area contributed by atoms with Crippen LogP contribution in [0.25, 0.3) is 5.69 Å². The molecule has 1 N–H and O–H groups in total. The molecule has 1 fully saturated rings. The lowest BCUT2D eigenvalue weighted by molar-refractivity contribution is -0.139.